The molecule has 0 bridgehead atoms. The lowest BCUT2D eigenvalue weighted by Gasteiger charge is -2.22. The molecule has 0 aromatic carbocycles. The van der Waals surface area contributed by atoms with Crippen molar-refractivity contribution in [1.82, 2.24) is 5.32 Å². The number of rotatable bonds is 68. The van der Waals surface area contributed by atoms with Crippen molar-refractivity contribution in [3.05, 3.63) is 72.9 Å². The van der Waals surface area contributed by atoms with Crippen molar-refractivity contribution in [2.45, 2.75) is 405 Å². The van der Waals surface area contributed by atoms with Crippen molar-refractivity contribution >= 4 is 5.91 Å². The van der Waals surface area contributed by atoms with Crippen molar-refractivity contribution in [3.63, 3.8) is 0 Å². The van der Waals surface area contributed by atoms with Gasteiger partial charge in [-0.05, 0) is 64.2 Å². The van der Waals surface area contributed by atoms with E-state index in [0.29, 0.717) is 12.8 Å². The van der Waals surface area contributed by atoms with Crippen molar-refractivity contribution in [3.8, 4) is 0 Å². The second kappa shape index (κ2) is 72.1. The third kappa shape index (κ3) is 68.5. The summed E-state index contributed by atoms with van der Waals surface area (Å²) in [6, 6.07) is -0.539. The van der Waals surface area contributed by atoms with Gasteiger partial charge in [-0.25, -0.2) is 0 Å². The molecule has 2 unspecified atom stereocenters. The van der Waals surface area contributed by atoms with Crippen LogP contribution in [-0.2, 0) is 4.79 Å². The van der Waals surface area contributed by atoms with Gasteiger partial charge < -0.3 is 15.5 Å². The van der Waals surface area contributed by atoms with Gasteiger partial charge in [0.1, 0.15) is 0 Å². The van der Waals surface area contributed by atoms with Crippen LogP contribution in [0.3, 0.4) is 0 Å². The van der Waals surface area contributed by atoms with Gasteiger partial charge in [-0.1, -0.05) is 395 Å². The van der Waals surface area contributed by atoms with E-state index >= 15 is 0 Å². The Morgan fingerprint density at radius 1 is 0.309 bits per heavy atom. The van der Waals surface area contributed by atoms with Gasteiger partial charge in [-0.2, -0.15) is 0 Å². The van der Waals surface area contributed by atoms with E-state index in [9.17, 15) is 15.0 Å². The van der Waals surface area contributed by atoms with E-state index in [4.69, 9.17) is 0 Å². The van der Waals surface area contributed by atoms with Crippen molar-refractivity contribution in [2.75, 3.05) is 6.61 Å². The lowest BCUT2D eigenvalue weighted by molar-refractivity contribution is -0.123. The number of hydrogen-bond donors (Lipinski definition) is 3. The van der Waals surface area contributed by atoms with Gasteiger partial charge >= 0.3 is 0 Å². The third-order valence-corrected chi connectivity index (χ3v) is 17.0. The maximum atomic E-state index is 12.6. The number of amides is 1. The Hall–Kier alpha value is -2.17. The number of allylic oxidation sites excluding steroid dienone is 12. The van der Waals surface area contributed by atoms with Gasteiger partial charge in [0.15, 0.2) is 0 Å². The lowest BCUT2D eigenvalue weighted by Crippen LogP contribution is -2.45. The van der Waals surface area contributed by atoms with Crippen LogP contribution in [0, 0.1) is 0 Å². The number of carbonyl (C=O) groups is 1. The molecule has 0 rings (SSSR count). The number of nitrogens with one attached hydrogen (secondary N) is 1. The average molecular weight is 1130 g/mol. The predicted octanol–water partition coefficient (Wildman–Crippen LogP) is 25.2. The fourth-order valence-corrected chi connectivity index (χ4v) is 11.5. The van der Waals surface area contributed by atoms with E-state index in [2.05, 4.69) is 92.1 Å². The molecule has 0 aliphatic carbocycles. The average Bonchev–Trinajstić information content (AvgIpc) is 3.47. The van der Waals surface area contributed by atoms with Crippen LogP contribution in [0.2, 0.25) is 0 Å². The summed E-state index contributed by atoms with van der Waals surface area (Å²) in [5, 5.41) is 23.5. The van der Waals surface area contributed by atoms with Crippen LogP contribution in [0.4, 0.5) is 0 Å². The molecule has 0 aromatic rings. The quantitative estimate of drug-likeness (QED) is 0.0420. The van der Waals surface area contributed by atoms with Crippen molar-refractivity contribution in [2.24, 2.45) is 0 Å². The van der Waals surface area contributed by atoms with Crippen LogP contribution in [0.5, 0.6) is 0 Å². The highest BCUT2D eigenvalue weighted by Crippen LogP contribution is 2.19. The molecule has 0 saturated carbocycles. The van der Waals surface area contributed by atoms with Gasteiger partial charge in [-0.3, -0.25) is 4.79 Å². The molecule has 0 fully saturated rings. The zero-order chi connectivity index (χ0) is 58.4. The Bertz CT molecular complexity index is 1380. The van der Waals surface area contributed by atoms with Crippen LogP contribution in [0.1, 0.15) is 393 Å². The lowest BCUT2D eigenvalue weighted by atomic mass is 10.0. The molecule has 4 nitrogen and oxygen atoms in total. The Balaban J connectivity index is 3.41. The molecule has 4 heteroatoms. The highest BCUT2D eigenvalue weighted by molar-refractivity contribution is 5.76. The van der Waals surface area contributed by atoms with Crippen LogP contribution in [0.15, 0.2) is 72.9 Å². The third-order valence-electron chi connectivity index (χ3n) is 17.0. The molecule has 1 amide bonds. The second-order valence-electron chi connectivity index (χ2n) is 25.0. The summed E-state index contributed by atoms with van der Waals surface area (Å²) >= 11 is 0. The fraction of sp³-hybridized carbons (Fsp3) is 0.831. The first kappa shape index (κ1) is 78.8. The Morgan fingerprint density at radius 3 is 0.815 bits per heavy atom. The maximum absolute atomic E-state index is 12.6. The summed E-state index contributed by atoms with van der Waals surface area (Å²) in [6.07, 6.45) is 104. The molecule has 81 heavy (non-hydrogen) atoms. The largest absolute Gasteiger partial charge is 0.394 e. The summed E-state index contributed by atoms with van der Waals surface area (Å²) in [5.41, 5.74) is 0. The summed E-state index contributed by atoms with van der Waals surface area (Å²) < 4.78 is 0. The van der Waals surface area contributed by atoms with E-state index in [1.54, 1.807) is 0 Å². The van der Waals surface area contributed by atoms with E-state index in [0.717, 1.165) is 64.2 Å². The topological polar surface area (TPSA) is 69.6 Å². The standard InChI is InChI=1S/C77H143NO3/c1-3-5-7-9-11-13-15-17-19-21-23-25-27-29-31-33-35-36-37-38-39-40-41-42-43-45-47-49-51-53-55-57-59-61-63-65-67-69-71-73-77(81)78-75(74-79)76(80)72-70-68-66-64-62-60-58-56-54-52-50-48-46-44-34-32-30-28-26-24-22-20-18-16-14-12-10-8-6-4-2/h5,7,11,13,17,19,23,25,29,31,35-36,75-76,79-80H,3-4,6,8-10,12,14-16,18,20-22,24,26-28,30,32-34,37-74H2,1-2H3,(H,78,81)/b7-5-,13-11-,19-17-,25-23-,31-29-,36-35-. The number of hydrogen-bond acceptors (Lipinski definition) is 3. The number of carbonyl (C=O) groups excluding carboxylic acids is 1. The minimum absolute atomic E-state index is 0.0245. The second-order valence-corrected chi connectivity index (χ2v) is 25.0. The molecule has 2 atom stereocenters. The van der Waals surface area contributed by atoms with Gasteiger partial charge in [0.25, 0.3) is 0 Å². The minimum atomic E-state index is -0.662. The molecule has 474 valence electrons. The molecule has 0 radical (unpaired) electrons. The van der Waals surface area contributed by atoms with Crippen LogP contribution >= 0.6 is 0 Å². The zero-order valence-corrected chi connectivity index (χ0v) is 54.8. The first-order valence-electron chi connectivity index (χ1n) is 36.6. The highest BCUT2D eigenvalue weighted by atomic mass is 16.3. The monoisotopic (exact) mass is 1130 g/mol. The summed E-state index contributed by atoms with van der Waals surface area (Å²) in [5.74, 6) is -0.0245. The molecule has 0 saturated heterocycles. The van der Waals surface area contributed by atoms with Gasteiger partial charge in [0.2, 0.25) is 5.91 Å². The highest BCUT2D eigenvalue weighted by Gasteiger charge is 2.20. The zero-order valence-electron chi connectivity index (χ0n) is 54.8. The van der Waals surface area contributed by atoms with Crippen LogP contribution < -0.4 is 5.32 Å². The molecular weight excluding hydrogens is 987 g/mol. The Labute approximate surface area is 508 Å². The van der Waals surface area contributed by atoms with Gasteiger partial charge in [0, 0.05) is 6.42 Å². The van der Waals surface area contributed by atoms with E-state index < -0.39 is 12.1 Å². The Morgan fingerprint density at radius 2 is 0.543 bits per heavy atom. The number of aliphatic hydroxyl groups is 2. The minimum Gasteiger partial charge on any atom is -0.394 e. The predicted molar refractivity (Wildman–Crippen MR) is 364 cm³/mol. The molecule has 0 aliphatic heterocycles. The van der Waals surface area contributed by atoms with Crippen LogP contribution in [-0.4, -0.2) is 34.9 Å². The first-order chi connectivity index (χ1) is 40.2. The Kier molecular flexibility index (Phi) is 70.2. The van der Waals surface area contributed by atoms with E-state index in [-0.39, 0.29) is 12.5 Å². The van der Waals surface area contributed by atoms with E-state index in [1.165, 1.54) is 302 Å². The molecule has 0 heterocycles. The maximum Gasteiger partial charge on any atom is 0.220 e. The molecule has 3 N–H and O–H groups in total. The van der Waals surface area contributed by atoms with Crippen molar-refractivity contribution < 1.29 is 15.0 Å². The molecule has 0 aromatic heterocycles. The van der Waals surface area contributed by atoms with Gasteiger partial charge in [0.05, 0.1) is 18.8 Å². The molecule has 0 spiro atoms. The fourth-order valence-electron chi connectivity index (χ4n) is 11.5. The SMILES string of the molecule is CC/C=C\C/C=C\C/C=C\C/C=C\C/C=C\C/C=C\CCCCCCCCCCCCCCCCCCCCCCC(=O)NC(CO)C(O)CCCCCCCCCCCCCCCCCCCCCCCCCCCCCCCC. The first-order valence-corrected chi connectivity index (χ1v) is 36.6. The smallest absolute Gasteiger partial charge is 0.220 e. The summed E-state index contributed by atoms with van der Waals surface area (Å²) in [4.78, 5) is 12.6. The van der Waals surface area contributed by atoms with Gasteiger partial charge in [-0.15, -0.1) is 0 Å². The van der Waals surface area contributed by atoms with E-state index in [1.807, 2.05) is 0 Å². The van der Waals surface area contributed by atoms with Crippen molar-refractivity contribution in [1.29, 1.82) is 0 Å². The number of aliphatic hydroxyl groups excluding tert-OH is 2. The molecule has 0 aliphatic rings. The normalized spacial score (nSPS) is 13.1. The summed E-state index contributed by atoms with van der Waals surface area (Å²) in [7, 11) is 0. The van der Waals surface area contributed by atoms with Crippen LogP contribution in [0.25, 0.3) is 0 Å². The number of unbranched alkanes of at least 4 members (excludes halogenated alkanes) is 49. The summed E-state index contributed by atoms with van der Waals surface area (Å²) in [6.45, 7) is 4.28. The molecular formula is C77H143NO3.